The number of carbonyl (C=O) groups excluding carboxylic acids is 2. The van der Waals surface area contributed by atoms with Gasteiger partial charge in [-0.1, -0.05) is 6.07 Å². The fourth-order valence-corrected chi connectivity index (χ4v) is 4.71. The molecule has 0 unspecified atom stereocenters. The van der Waals surface area contributed by atoms with Crippen molar-refractivity contribution in [3.63, 3.8) is 0 Å². The van der Waals surface area contributed by atoms with Crippen LogP contribution >= 0.6 is 0 Å². The second-order valence-electron chi connectivity index (χ2n) is 9.39. The molecule has 0 amide bonds. The van der Waals surface area contributed by atoms with E-state index in [0.29, 0.717) is 0 Å². The Balaban J connectivity index is 1.41. The average Bonchev–Trinajstić information content (AvgIpc) is 3.39. The summed E-state index contributed by atoms with van der Waals surface area (Å²) in [5, 5.41) is 81.9. The number of ether oxygens (including phenoxy) is 2. The van der Waals surface area contributed by atoms with E-state index in [4.69, 9.17) is 9.47 Å². The van der Waals surface area contributed by atoms with E-state index >= 15 is 0 Å². The number of hydrogen-bond acceptors (Lipinski definition) is 12. The maximum atomic E-state index is 13.2. The van der Waals surface area contributed by atoms with Crippen molar-refractivity contribution in [3.05, 3.63) is 82.3 Å². The van der Waals surface area contributed by atoms with Crippen LogP contribution in [-0.4, -0.2) is 52.4 Å². The zero-order valence-electron chi connectivity index (χ0n) is 21.0. The summed E-state index contributed by atoms with van der Waals surface area (Å²) in [5.74, 6) is -7.00. The Morgan fingerprint density at radius 3 is 1.79 bits per heavy atom. The molecule has 4 aromatic carbocycles. The number of phenols is 8. The van der Waals surface area contributed by atoms with Gasteiger partial charge < -0.3 is 50.3 Å². The molecular weight excluding hydrogens is 552 g/mol. The summed E-state index contributed by atoms with van der Waals surface area (Å²) in [4.78, 5) is 26.0. The lowest BCUT2D eigenvalue weighted by atomic mass is 9.95. The van der Waals surface area contributed by atoms with Crippen molar-refractivity contribution in [1.29, 1.82) is 0 Å². The highest BCUT2D eigenvalue weighted by molar-refractivity contribution is 6.18. The van der Waals surface area contributed by atoms with Crippen LogP contribution in [0.2, 0.25) is 0 Å². The standard InChI is InChI=1S/C30H18O12/c31-13-8-17(34)25-20(9-13)41-23(28(25)38)7-12-3-14(27(37)19(36)5-12)24-18(35)10-21-26(30(24)40)29(39)22(42-21)6-11-1-2-15(32)16(33)4-11/h1-10,31-37,40H/b22-6+,23-7-. The monoisotopic (exact) mass is 570 g/mol. The molecular formula is C30H18O12. The minimum Gasteiger partial charge on any atom is -0.508 e. The third kappa shape index (κ3) is 4.02. The summed E-state index contributed by atoms with van der Waals surface area (Å²) in [7, 11) is 0. The number of carbonyl (C=O) groups is 2. The van der Waals surface area contributed by atoms with E-state index in [1.165, 1.54) is 30.3 Å². The van der Waals surface area contributed by atoms with E-state index in [-0.39, 0.29) is 62.3 Å². The lowest BCUT2D eigenvalue weighted by Crippen LogP contribution is -1.99. The normalized spacial score (nSPS) is 15.5. The van der Waals surface area contributed by atoms with Crippen LogP contribution in [0.1, 0.15) is 31.8 Å². The maximum Gasteiger partial charge on any atom is 0.235 e. The summed E-state index contributed by atoms with van der Waals surface area (Å²) in [6, 6.07) is 9.13. The summed E-state index contributed by atoms with van der Waals surface area (Å²) >= 11 is 0. The van der Waals surface area contributed by atoms with Crippen LogP contribution in [0.5, 0.6) is 57.5 Å². The van der Waals surface area contributed by atoms with Gasteiger partial charge in [0.2, 0.25) is 11.6 Å². The smallest absolute Gasteiger partial charge is 0.235 e. The number of allylic oxidation sites excluding steroid dienone is 2. The number of Topliss-reactive ketones (excluding diaryl/α,β-unsaturated/α-hetero) is 2. The molecule has 6 rings (SSSR count). The van der Waals surface area contributed by atoms with Crippen molar-refractivity contribution in [3.8, 4) is 68.6 Å². The molecule has 42 heavy (non-hydrogen) atoms. The van der Waals surface area contributed by atoms with Crippen molar-refractivity contribution >= 4 is 23.7 Å². The first-order valence-electron chi connectivity index (χ1n) is 12.0. The van der Waals surface area contributed by atoms with Crippen LogP contribution in [0.3, 0.4) is 0 Å². The van der Waals surface area contributed by atoms with Crippen molar-refractivity contribution in [2.75, 3.05) is 0 Å². The van der Waals surface area contributed by atoms with Gasteiger partial charge in [-0.2, -0.15) is 0 Å². The predicted octanol–water partition coefficient (Wildman–Crippen LogP) is 4.23. The van der Waals surface area contributed by atoms with Crippen LogP contribution in [0, 0.1) is 0 Å². The zero-order chi connectivity index (χ0) is 30.0. The molecule has 0 saturated carbocycles. The van der Waals surface area contributed by atoms with Gasteiger partial charge >= 0.3 is 0 Å². The largest absolute Gasteiger partial charge is 0.508 e. The first kappa shape index (κ1) is 26.0. The Morgan fingerprint density at radius 2 is 1.10 bits per heavy atom. The SMILES string of the molecule is O=C1/C(=C/c2cc(O)c(O)c(-c3c(O)cc4c(c3O)C(=O)/C(=C\c3ccc(O)c(O)c3)O4)c2)Oc2cc(O)cc(O)c21. The van der Waals surface area contributed by atoms with Gasteiger partial charge in [-0.05, 0) is 47.5 Å². The quantitative estimate of drug-likeness (QED) is 0.128. The van der Waals surface area contributed by atoms with Gasteiger partial charge in [0.15, 0.2) is 34.5 Å². The van der Waals surface area contributed by atoms with Crippen LogP contribution < -0.4 is 9.47 Å². The van der Waals surface area contributed by atoms with Gasteiger partial charge in [0, 0.05) is 23.8 Å². The third-order valence-electron chi connectivity index (χ3n) is 6.63. The lowest BCUT2D eigenvalue weighted by molar-refractivity contribution is 0.100. The van der Waals surface area contributed by atoms with Gasteiger partial charge in [0.05, 0.1) is 5.56 Å². The lowest BCUT2D eigenvalue weighted by Gasteiger charge is -2.13. The molecule has 0 fully saturated rings. The number of hydrogen-bond donors (Lipinski definition) is 8. The Labute approximate surface area is 234 Å². The first-order chi connectivity index (χ1) is 19.9. The van der Waals surface area contributed by atoms with E-state index in [0.717, 1.165) is 30.3 Å². The summed E-state index contributed by atoms with van der Waals surface area (Å²) in [5.41, 5.74) is -0.984. The van der Waals surface area contributed by atoms with Crippen LogP contribution in [-0.2, 0) is 0 Å². The molecule has 210 valence electrons. The van der Waals surface area contributed by atoms with Gasteiger partial charge in [0.1, 0.15) is 45.6 Å². The predicted molar refractivity (Wildman–Crippen MR) is 144 cm³/mol. The number of aromatic hydroxyl groups is 8. The number of rotatable bonds is 3. The molecule has 12 nitrogen and oxygen atoms in total. The molecule has 0 bridgehead atoms. The second kappa shape index (κ2) is 9.13. The summed E-state index contributed by atoms with van der Waals surface area (Å²) in [6.45, 7) is 0. The molecule has 0 saturated heterocycles. The molecule has 0 aliphatic carbocycles. The molecule has 2 aliphatic heterocycles. The molecule has 0 atom stereocenters. The van der Waals surface area contributed by atoms with Crippen molar-refractivity contribution in [2.45, 2.75) is 0 Å². The Kier molecular flexibility index (Phi) is 5.64. The van der Waals surface area contributed by atoms with Crippen molar-refractivity contribution in [1.82, 2.24) is 0 Å². The van der Waals surface area contributed by atoms with Crippen molar-refractivity contribution in [2.24, 2.45) is 0 Å². The highest BCUT2D eigenvalue weighted by Gasteiger charge is 2.35. The van der Waals surface area contributed by atoms with E-state index in [9.17, 15) is 50.4 Å². The van der Waals surface area contributed by atoms with E-state index in [2.05, 4.69) is 0 Å². The highest BCUT2D eigenvalue weighted by atomic mass is 16.5. The number of fused-ring (bicyclic) bond motifs is 2. The van der Waals surface area contributed by atoms with E-state index in [1.807, 2.05) is 0 Å². The Hall–Kier alpha value is -6.30. The van der Waals surface area contributed by atoms with Gasteiger partial charge in [-0.25, -0.2) is 0 Å². The van der Waals surface area contributed by atoms with Crippen LogP contribution in [0.25, 0.3) is 23.3 Å². The topological polar surface area (TPSA) is 214 Å². The van der Waals surface area contributed by atoms with Gasteiger partial charge in [-0.15, -0.1) is 0 Å². The minimum absolute atomic E-state index is 0.0507. The van der Waals surface area contributed by atoms with Gasteiger partial charge in [-0.3, -0.25) is 9.59 Å². The fraction of sp³-hybridized carbons (Fsp3) is 0. The summed E-state index contributed by atoms with van der Waals surface area (Å²) in [6.07, 6.45) is 2.40. The molecule has 8 N–H and O–H groups in total. The summed E-state index contributed by atoms with van der Waals surface area (Å²) < 4.78 is 11.0. The fourth-order valence-electron chi connectivity index (χ4n) is 4.71. The average molecular weight is 570 g/mol. The third-order valence-corrected chi connectivity index (χ3v) is 6.63. The molecule has 0 aromatic heterocycles. The first-order valence-corrected chi connectivity index (χ1v) is 12.0. The van der Waals surface area contributed by atoms with E-state index < -0.39 is 51.6 Å². The minimum atomic E-state index is -0.802. The highest BCUT2D eigenvalue weighted by Crippen LogP contribution is 2.52. The number of benzene rings is 4. The van der Waals surface area contributed by atoms with E-state index in [1.54, 1.807) is 0 Å². The maximum absolute atomic E-state index is 13.2. The zero-order valence-corrected chi connectivity index (χ0v) is 21.0. The molecule has 4 aromatic rings. The molecule has 2 heterocycles. The number of ketones is 2. The number of phenolic OH excluding ortho intramolecular Hbond substituents is 8. The van der Waals surface area contributed by atoms with Crippen LogP contribution in [0.15, 0.2) is 60.0 Å². The second-order valence-corrected chi connectivity index (χ2v) is 9.39. The molecule has 0 spiro atoms. The Morgan fingerprint density at radius 1 is 0.500 bits per heavy atom. The molecule has 12 heteroatoms. The van der Waals surface area contributed by atoms with Crippen molar-refractivity contribution < 1.29 is 59.9 Å². The molecule has 2 aliphatic rings. The molecule has 0 radical (unpaired) electrons. The van der Waals surface area contributed by atoms with Crippen LogP contribution in [0.4, 0.5) is 0 Å². The van der Waals surface area contributed by atoms with Gasteiger partial charge in [0.25, 0.3) is 0 Å². The Bertz CT molecular complexity index is 1950.